The molecule has 0 spiro atoms. The third kappa shape index (κ3) is 5.28. The standard InChI is InChI=1S/C25H32ClFN4O3SSi/c1-25(2,3)31-15-19-18(8-7-9-21(19)35(31,32)33)22-23(26)29-24(20-11-10-17(27)14-28-20)30(22)16-34-12-13-36(4,5)6/h7-11,14H,12-13,15-16H2,1-6H3. The van der Waals surface area contributed by atoms with Crippen LogP contribution in [0.4, 0.5) is 4.39 Å². The van der Waals surface area contributed by atoms with Gasteiger partial charge >= 0.3 is 0 Å². The number of hydrogen-bond acceptors (Lipinski definition) is 5. The van der Waals surface area contributed by atoms with Gasteiger partial charge in [0.1, 0.15) is 18.2 Å². The molecule has 2 aromatic heterocycles. The van der Waals surface area contributed by atoms with Gasteiger partial charge < -0.3 is 4.74 Å². The van der Waals surface area contributed by atoms with E-state index in [2.05, 4.69) is 29.6 Å². The maximum absolute atomic E-state index is 13.6. The number of fused-ring (bicyclic) bond motifs is 1. The van der Waals surface area contributed by atoms with Crippen molar-refractivity contribution in [3.63, 3.8) is 0 Å². The van der Waals surface area contributed by atoms with Crippen LogP contribution >= 0.6 is 11.6 Å². The SMILES string of the molecule is CC(C)(C)N1Cc2c(-c3c(Cl)nc(-c4ccc(F)cn4)n3COCC[Si](C)(C)C)cccc2S1(=O)=O. The molecule has 4 rings (SSSR count). The Kier molecular flexibility index (Phi) is 7.22. The fourth-order valence-electron chi connectivity index (χ4n) is 4.18. The molecule has 0 bridgehead atoms. The van der Waals surface area contributed by atoms with Crippen LogP contribution in [-0.2, 0) is 28.0 Å². The van der Waals surface area contributed by atoms with Gasteiger partial charge in [0.25, 0.3) is 0 Å². The van der Waals surface area contributed by atoms with Gasteiger partial charge in [-0.2, -0.15) is 4.31 Å². The third-order valence-corrected chi connectivity index (χ3v) is 10.3. The summed E-state index contributed by atoms with van der Waals surface area (Å²) in [6, 6.07) is 9.03. The zero-order chi connectivity index (χ0) is 26.5. The van der Waals surface area contributed by atoms with Crippen molar-refractivity contribution < 1.29 is 17.5 Å². The van der Waals surface area contributed by atoms with E-state index in [0.29, 0.717) is 34.9 Å². The molecule has 0 N–H and O–H groups in total. The number of imidazole rings is 1. The number of sulfonamides is 1. The zero-order valence-corrected chi connectivity index (χ0v) is 24.0. The average molecular weight is 551 g/mol. The first-order valence-electron chi connectivity index (χ1n) is 11.8. The van der Waals surface area contributed by atoms with Crippen LogP contribution in [0.25, 0.3) is 22.8 Å². The summed E-state index contributed by atoms with van der Waals surface area (Å²) in [5, 5.41) is 0.199. The second-order valence-corrected chi connectivity index (χ2v) is 19.0. The van der Waals surface area contributed by atoms with Crippen LogP contribution < -0.4 is 0 Å². The minimum absolute atomic E-state index is 0.146. The van der Waals surface area contributed by atoms with Gasteiger partial charge in [-0.15, -0.1) is 0 Å². The van der Waals surface area contributed by atoms with E-state index in [1.807, 2.05) is 26.8 Å². The normalized spacial score (nSPS) is 15.9. The summed E-state index contributed by atoms with van der Waals surface area (Å²) in [7, 11) is -4.98. The molecule has 0 fully saturated rings. The van der Waals surface area contributed by atoms with Crippen molar-refractivity contribution in [2.24, 2.45) is 0 Å². The first-order valence-corrected chi connectivity index (χ1v) is 17.3. The molecule has 0 saturated carbocycles. The molecule has 0 saturated heterocycles. The van der Waals surface area contributed by atoms with E-state index in [0.717, 1.165) is 12.2 Å². The summed E-state index contributed by atoms with van der Waals surface area (Å²) >= 11 is 6.70. The topological polar surface area (TPSA) is 77.3 Å². The van der Waals surface area contributed by atoms with E-state index < -0.39 is 29.5 Å². The first-order chi connectivity index (χ1) is 16.7. The molecule has 1 aliphatic heterocycles. The molecular weight excluding hydrogens is 519 g/mol. The fourth-order valence-corrected chi connectivity index (χ4v) is 7.22. The van der Waals surface area contributed by atoms with Gasteiger partial charge in [-0.05, 0) is 50.6 Å². The minimum Gasteiger partial charge on any atom is -0.361 e. The Bertz CT molecular complexity index is 1380. The second kappa shape index (κ2) is 9.64. The number of benzene rings is 1. The van der Waals surface area contributed by atoms with Crippen molar-refractivity contribution in [2.75, 3.05) is 6.61 Å². The van der Waals surface area contributed by atoms with Gasteiger partial charge in [0.05, 0.1) is 16.8 Å². The summed E-state index contributed by atoms with van der Waals surface area (Å²) in [4.78, 5) is 9.01. The van der Waals surface area contributed by atoms with E-state index in [9.17, 15) is 12.8 Å². The van der Waals surface area contributed by atoms with Crippen molar-refractivity contribution in [1.29, 1.82) is 0 Å². The number of ether oxygens (including phenoxy) is 1. The smallest absolute Gasteiger partial charge is 0.244 e. The maximum atomic E-state index is 13.6. The quantitative estimate of drug-likeness (QED) is 0.265. The second-order valence-electron chi connectivity index (χ2n) is 11.2. The molecule has 0 atom stereocenters. The van der Waals surface area contributed by atoms with Crippen LogP contribution in [0.1, 0.15) is 26.3 Å². The summed E-state index contributed by atoms with van der Waals surface area (Å²) in [6.07, 6.45) is 1.13. The lowest BCUT2D eigenvalue weighted by molar-refractivity contribution is 0.0892. The lowest BCUT2D eigenvalue weighted by Crippen LogP contribution is -2.41. The van der Waals surface area contributed by atoms with Crippen LogP contribution in [0.15, 0.2) is 41.4 Å². The summed E-state index contributed by atoms with van der Waals surface area (Å²) in [5.74, 6) is -0.0305. The highest BCUT2D eigenvalue weighted by Gasteiger charge is 2.42. The highest BCUT2D eigenvalue weighted by atomic mass is 35.5. The van der Waals surface area contributed by atoms with Crippen LogP contribution in [0.3, 0.4) is 0 Å². The molecule has 0 unspecified atom stereocenters. The van der Waals surface area contributed by atoms with Crippen LogP contribution in [0, 0.1) is 5.82 Å². The highest BCUT2D eigenvalue weighted by Crippen LogP contribution is 2.43. The van der Waals surface area contributed by atoms with Gasteiger partial charge in [-0.3, -0.25) is 4.57 Å². The number of nitrogens with zero attached hydrogens (tertiary/aromatic N) is 4. The molecule has 1 aromatic carbocycles. The Morgan fingerprint density at radius 2 is 1.89 bits per heavy atom. The van der Waals surface area contributed by atoms with Crippen LogP contribution in [0.5, 0.6) is 0 Å². The Labute approximate surface area is 218 Å². The maximum Gasteiger partial charge on any atom is 0.244 e. The summed E-state index contributed by atoms with van der Waals surface area (Å²) in [5.41, 5.74) is 1.73. The third-order valence-electron chi connectivity index (χ3n) is 6.10. The molecular formula is C25H32ClFN4O3SSi. The summed E-state index contributed by atoms with van der Waals surface area (Å²) < 4.78 is 49.6. The van der Waals surface area contributed by atoms with E-state index in [1.165, 1.54) is 16.4 Å². The van der Waals surface area contributed by atoms with Gasteiger partial charge in [-0.1, -0.05) is 43.4 Å². The number of pyridine rings is 1. The minimum atomic E-state index is -3.67. The van der Waals surface area contributed by atoms with E-state index >= 15 is 0 Å². The van der Waals surface area contributed by atoms with Crippen molar-refractivity contribution in [3.05, 3.63) is 53.1 Å². The molecule has 194 valence electrons. The Morgan fingerprint density at radius 1 is 1.17 bits per heavy atom. The molecule has 7 nitrogen and oxygen atoms in total. The monoisotopic (exact) mass is 550 g/mol. The molecule has 1 aliphatic rings. The largest absolute Gasteiger partial charge is 0.361 e. The van der Waals surface area contributed by atoms with E-state index in [1.54, 1.807) is 16.7 Å². The molecule has 0 amide bonds. The van der Waals surface area contributed by atoms with Crippen molar-refractivity contribution >= 4 is 29.7 Å². The molecule has 0 aliphatic carbocycles. The van der Waals surface area contributed by atoms with E-state index in [4.69, 9.17) is 16.3 Å². The van der Waals surface area contributed by atoms with Crippen molar-refractivity contribution in [3.8, 4) is 22.8 Å². The predicted molar refractivity (Wildman–Crippen MR) is 142 cm³/mol. The highest BCUT2D eigenvalue weighted by molar-refractivity contribution is 7.89. The van der Waals surface area contributed by atoms with Crippen LogP contribution in [0.2, 0.25) is 30.8 Å². The molecule has 36 heavy (non-hydrogen) atoms. The van der Waals surface area contributed by atoms with E-state index in [-0.39, 0.29) is 23.3 Å². The summed E-state index contributed by atoms with van der Waals surface area (Å²) in [6.45, 7) is 13.4. The Balaban J connectivity index is 1.84. The average Bonchev–Trinajstić information content (AvgIpc) is 3.24. The molecule has 0 radical (unpaired) electrons. The fraction of sp³-hybridized carbons (Fsp3) is 0.440. The van der Waals surface area contributed by atoms with Gasteiger partial charge in [0.15, 0.2) is 11.0 Å². The molecule has 11 heteroatoms. The Hall–Kier alpha value is -2.11. The van der Waals surface area contributed by atoms with Crippen molar-refractivity contribution in [1.82, 2.24) is 18.8 Å². The number of rotatable bonds is 7. The first kappa shape index (κ1) is 26.9. The number of aromatic nitrogens is 3. The predicted octanol–water partition coefficient (Wildman–Crippen LogP) is 6.02. The van der Waals surface area contributed by atoms with Gasteiger partial charge in [0, 0.05) is 32.3 Å². The zero-order valence-electron chi connectivity index (χ0n) is 21.5. The molecule has 3 aromatic rings. The lowest BCUT2D eigenvalue weighted by atomic mass is 10.0. The van der Waals surface area contributed by atoms with Gasteiger partial charge in [-0.25, -0.2) is 22.8 Å². The molecule has 3 heterocycles. The lowest BCUT2D eigenvalue weighted by Gasteiger charge is -2.29. The number of halogens is 2. The van der Waals surface area contributed by atoms with Gasteiger partial charge in [0.2, 0.25) is 10.0 Å². The van der Waals surface area contributed by atoms with Crippen LogP contribution in [-0.4, -0.2) is 47.5 Å². The Morgan fingerprint density at radius 3 is 2.50 bits per heavy atom. The number of hydrogen-bond donors (Lipinski definition) is 0. The van der Waals surface area contributed by atoms with Crippen molar-refractivity contribution in [2.45, 2.75) is 70.2 Å².